The highest BCUT2D eigenvalue weighted by Crippen LogP contribution is 2.28. The number of H-pyrrole nitrogens is 1. The molecule has 4 aromatic rings. The number of anilines is 1. The number of nitrogens with zero attached hydrogens (tertiary/aromatic N) is 3. The van der Waals surface area contributed by atoms with Gasteiger partial charge in [0, 0.05) is 0 Å². The van der Waals surface area contributed by atoms with E-state index >= 15 is 0 Å². The van der Waals surface area contributed by atoms with Crippen molar-refractivity contribution >= 4 is 40.1 Å². The largest absolute Gasteiger partial charge is 0.452 e. The highest BCUT2D eigenvalue weighted by molar-refractivity contribution is 6.33. The number of halogens is 2. The number of nitrogens with one attached hydrogen (secondary N) is 2. The number of ether oxygens (including phenoxy) is 1. The highest BCUT2D eigenvalue weighted by Gasteiger charge is 2.24. The monoisotopic (exact) mass is 473 g/mol. The molecule has 0 bridgehead atoms. The molecule has 170 valence electrons. The predicted molar refractivity (Wildman–Crippen MR) is 116 cm³/mol. The third-order valence-electron chi connectivity index (χ3n) is 4.86. The Morgan fingerprint density at radius 2 is 1.88 bits per heavy atom. The molecular weight excluding hydrogens is 457 g/mol. The number of aromatic nitrogens is 4. The van der Waals surface area contributed by atoms with Gasteiger partial charge >= 0.3 is 5.97 Å². The summed E-state index contributed by atoms with van der Waals surface area (Å²) >= 11 is 6.29. The zero-order valence-electron chi connectivity index (χ0n) is 17.7. The summed E-state index contributed by atoms with van der Waals surface area (Å²) in [4.78, 5) is 37.1. The van der Waals surface area contributed by atoms with Gasteiger partial charge in [-0.05, 0) is 45.0 Å². The molecule has 12 heteroatoms. The summed E-state index contributed by atoms with van der Waals surface area (Å²) in [5, 5.41) is 13.4. The van der Waals surface area contributed by atoms with Crippen LogP contribution in [0.5, 0.6) is 0 Å². The molecule has 0 aliphatic rings. The van der Waals surface area contributed by atoms with Gasteiger partial charge in [0.15, 0.2) is 6.61 Å². The van der Waals surface area contributed by atoms with E-state index in [4.69, 9.17) is 20.8 Å². The summed E-state index contributed by atoms with van der Waals surface area (Å²) in [5.74, 6) is -1.71. The lowest BCUT2D eigenvalue weighted by Crippen LogP contribution is -2.22. The van der Waals surface area contributed by atoms with Crippen LogP contribution in [0.15, 0.2) is 33.5 Å². The standard InChI is InChI=1S/C21H17ClFN5O5/c1-9-15-11(3)33-20(17(15)19(30)26-25-9)24-14(29)8-32-21(31)16-10(2)27-28(18(16)22)13-6-4-12(23)5-7-13/h4-7H,8H2,1-3H3,(H,24,29)(H,26,30). The maximum absolute atomic E-state index is 13.2. The maximum atomic E-state index is 13.2. The van der Waals surface area contributed by atoms with Crippen molar-refractivity contribution in [1.29, 1.82) is 0 Å². The minimum atomic E-state index is -0.876. The average molecular weight is 474 g/mol. The first-order valence-corrected chi connectivity index (χ1v) is 10.0. The van der Waals surface area contributed by atoms with E-state index < -0.39 is 29.9 Å². The van der Waals surface area contributed by atoms with Crippen molar-refractivity contribution in [3.8, 4) is 5.69 Å². The van der Waals surface area contributed by atoms with E-state index in [2.05, 4.69) is 20.6 Å². The molecule has 1 aromatic carbocycles. The number of carbonyl (C=O) groups is 2. The van der Waals surface area contributed by atoms with Crippen LogP contribution in [0, 0.1) is 26.6 Å². The number of carbonyl (C=O) groups excluding carboxylic acids is 2. The molecule has 0 aliphatic carbocycles. The first-order valence-electron chi connectivity index (χ1n) is 9.63. The molecule has 0 fully saturated rings. The molecule has 0 saturated carbocycles. The molecule has 0 atom stereocenters. The van der Waals surface area contributed by atoms with Gasteiger partial charge in [-0.1, -0.05) is 11.6 Å². The fraction of sp³-hybridized carbons (Fsp3) is 0.190. The van der Waals surface area contributed by atoms with Crippen molar-refractivity contribution in [2.75, 3.05) is 11.9 Å². The van der Waals surface area contributed by atoms with Crippen LogP contribution in [0.4, 0.5) is 10.3 Å². The topological polar surface area (TPSA) is 132 Å². The van der Waals surface area contributed by atoms with Crippen LogP contribution in [0.25, 0.3) is 16.5 Å². The zero-order valence-corrected chi connectivity index (χ0v) is 18.4. The number of fused-ring (bicyclic) bond motifs is 1. The Hall–Kier alpha value is -3.99. The van der Waals surface area contributed by atoms with Crippen molar-refractivity contribution < 1.29 is 23.1 Å². The Bertz CT molecular complexity index is 1450. The lowest BCUT2D eigenvalue weighted by Gasteiger charge is -2.06. The highest BCUT2D eigenvalue weighted by atomic mass is 35.5. The minimum absolute atomic E-state index is 0.0359. The van der Waals surface area contributed by atoms with Gasteiger partial charge in [0.2, 0.25) is 5.88 Å². The summed E-state index contributed by atoms with van der Waals surface area (Å²) in [5.41, 5.74) is 0.663. The molecule has 3 heterocycles. The van der Waals surface area contributed by atoms with E-state index in [1.54, 1.807) is 20.8 Å². The van der Waals surface area contributed by atoms with Crippen molar-refractivity contribution in [3.63, 3.8) is 0 Å². The molecule has 0 spiro atoms. The van der Waals surface area contributed by atoms with Crippen LogP contribution in [-0.4, -0.2) is 38.5 Å². The summed E-state index contributed by atoms with van der Waals surface area (Å²) < 4.78 is 25.0. The van der Waals surface area contributed by atoms with Crippen LogP contribution in [-0.2, 0) is 9.53 Å². The van der Waals surface area contributed by atoms with E-state index in [1.165, 1.54) is 28.9 Å². The number of hydrogen-bond donors (Lipinski definition) is 2. The van der Waals surface area contributed by atoms with Gasteiger partial charge in [0.05, 0.1) is 22.5 Å². The van der Waals surface area contributed by atoms with Gasteiger partial charge < -0.3 is 9.15 Å². The summed E-state index contributed by atoms with van der Waals surface area (Å²) in [6, 6.07) is 5.36. The molecular formula is C21H17ClFN5O5. The second-order valence-electron chi connectivity index (χ2n) is 7.14. The quantitative estimate of drug-likeness (QED) is 0.425. The van der Waals surface area contributed by atoms with Gasteiger partial charge in [-0.2, -0.15) is 10.2 Å². The molecule has 33 heavy (non-hydrogen) atoms. The molecule has 1 amide bonds. The van der Waals surface area contributed by atoms with E-state index in [1.807, 2.05) is 0 Å². The van der Waals surface area contributed by atoms with Crippen molar-refractivity contribution in [1.82, 2.24) is 20.0 Å². The van der Waals surface area contributed by atoms with Gasteiger partial charge in [0.25, 0.3) is 11.5 Å². The van der Waals surface area contributed by atoms with Crippen LogP contribution in [0.3, 0.4) is 0 Å². The molecule has 10 nitrogen and oxygen atoms in total. The number of aromatic amines is 1. The average Bonchev–Trinajstić information content (AvgIpc) is 3.26. The Kier molecular flexibility index (Phi) is 5.73. The zero-order chi connectivity index (χ0) is 23.9. The molecule has 4 rings (SSSR count). The molecule has 0 saturated heterocycles. The smallest absolute Gasteiger partial charge is 0.343 e. The van der Waals surface area contributed by atoms with Crippen LogP contribution in [0.2, 0.25) is 5.15 Å². The number of amides is 1. The molecule has 0 unspecified atom stereocenters. The first kappa shape index (κ1) is 22.2. The van der Waals surface area contributed by atoms with Gasteiger partial charge in [-0.3, -0.25) is 14.9 Å². The Labute approximate surface area is 190 Å². The third-order valence-corrected chi connectivity index (χ3v) is 5.21. The van der Waals surface area contributed by atoms with Crippen LogP contribution < -0.4 is 10.9 Å². The SMILES string of the molecule is Cc1nn(-c2ccc(F)cc2)c(Cl)c1C(=O)OCC(=O)Nc1oc(C)c2c(C)n[nH]c(=O)c12. The number of hydrogen-bond acceptors (Lipinski definition) is 7. The van der Waals surface area contributed by atoms with E-state index in [9.17, 15) is 18.8 Å². The lowest BCUT2D eigenvalue weighted by atomic mass is 10.2. The van der Waals surface area contributed by atoms with Gasteiger partial charge in [0.1, 0.15) is 27.7 Å². The van der Waals surface area contributed by atoms with Crippen molar-refractivity contribution in [3.05, 3.63) is 68.3 Å². The van der Waals surface area contributed by atoms with Gasteiger partial charge in [-0.25, -0.2) is 19.0 Å². The normalized spacial score (nSPS) is 11.1. The lowest BCUT2D eigenvalue weighted by molar-refractivity contribution is -0.119. The number of esters is 1. The Balaban J connectivity index is 1.49. The molecule has 0 radical (unpaired) electrons. The molecule has 3 aromatic heterocycles. The second kappa shape index (κ2) is 8.51. The van der Waals surface area contributed by atoms with E-state index in [0.29, 0.717) is 22.5 Å². The van der Waals surface area contributed by atoms with Crippen LogP contribution in [0.1, 0.15) is 27.5 Å². The first-order chi connectivity index (χ1) is 15.7. The fourth-order valence-corrected chi connectivity index (χ4v) is 3.73. The third kappa shape index (κ3) is 4.10. The maximum Gasteiger partial charge on any atom is 0.343 e. The Morgan fingerprint density at radius 3 is 2.58 bits per heavy atom. The summed E-state index contributed by atoms with van der Waals surface area (Å²) in [6.07, 6.45) is 0. The number of aryl methyl sites for hydroxylation is 3. The summed E-state index contributed by atoms with van der Waals surface area (Å²) in [7, 11) is 0. The van der Waals surface area contributed by atoms with Gasteiger partial charge in [-0.15, -0.1) is 0 Å². The Morgan fingerprint density at radius 1 is 1.18 bits per heavy atom. The van der Waals surface area contributed by atoms with E-state index in [0.717, 1.165) is 0 Å². The van der Waals surface area contributed by atoms with Crippen LogP contribution >= 0.6 is 11.6 Å². The fourth-order valence-electron chi connectivity index (χ4n) is 3.38. The second-order valence-corrected chi connectivity index (χ2v) is 7.50. The number of rotatable bonds is 5. The molecule has 2 N–H and O–H groups in total. The number of benzene rings is 1. The molecule has 0 aliphatic heterocycles. The van der Waals surface area contributed by atoms with E-state index in [-0.39, 0.29) is 27.7 Å². The predicted octanol–water partition coefficient (Wildman–Crippen LogP) is 3.22. The van der Waals surface area contributed by atoms with Crippen molar-refractivity contribution in [2.24, 2.45) is 0 Å². The minimum Gasteiger partial charge on any atom is -0.452 e. The summed E-state index contributed by atoms with van der Waals surface area (Å²) in [6.45, 7) is 4.20. The number of furan rings is 1. The van der Waals surface area contributed by atoms with Crippen molar-refractivity contribution in [2.45, 2.75) is 20.8 Å².